The first-order valence-electron chi connectivity index (χ1n) is 4.46. The average molecular weight is 213 g/mol. The quantitative estimate of drug-likeness (QED) is 0.834. The Labute approximate surface area is 88.5 Å². The van der Waals surface area contributed by atoms with Crippen LogP contribution in [0, 0.1) is 6.92 Å². The zero-order valence-corrected chi connectivity index (χ0v) is 9.01. The molecule has 0 radical (unpaired) electrons. The molecule has 2 nitrogen and oxygen atoms in total. The summed E-state index contributed by atoms with van der Waals surface area (Å²) in [5, 5.41) is 9.62. The Morgan fingerprint density at radius 1 is 1.57 bits per heavy atom. The van der Waals surface area contributed by atoms with E-state index in [9.17, 15) is 4.79 Å². The Kier molecular flexibility index (Phi) is 3.67. The molecule has 1 unspecified atom stereocenters. The van der Waals surface area contributed by atoms with E-state index in [1.165, 1.54) is 6.92 Å². The van der Waals surface area contributed by atoms with Crippen molar-refractivity contribution in [2.24, 2.45) is 0 Å². The summed E-state index contributed by atoms with van der Waals surface area (Å²) in [6.07, 6.45) is -0.732. The van der Waals surface area contributed by atoms with Gasteiger partial charge >= 0.3 is 0 Å². The van der Waals surface area contributed by atoms with E-state index in [0.29, 0.717) is 5.02 Å². The Hall–Kier alpha value is -0.860. The maximum Gasteiger partial charge on any atom is 0.165 e. The number of aryl methyl sites for hydroxylation is 1. The average Bonchev–Trinajstić information content (AvgIpc) is 2.09. The van der Waals surface area contributed by atoms with Gasteiger partial charge in [0.15, 0.2) is 5.78 Å². The van der Waals surface area contributed by atoms with Gasteiger partial charge in [0.05, 0.1) is 0 Å². The summed E-state index contributed by atoms with van der Waals surface area (Å²) in [6.45, 7) is 3.40. The fourth-order valence-electron chi connectivity index (χ4n) is 1.13. The molecule has 3 heteroatoms. The summed E-state index contributed by atoms with van der Waals surface area (Å²) < 4.78 is 0. The molecule has 1 N–H and O–H groups in total. The number of aliphatic hydroxyl groups excluding tert-OH is 1. The summed E-state index contributed by atoms with van der Waals surface area (Å²) in [4.78, 5) is 11.2. The normalized spacial score (nSPS) is 12.6. The Balaban J connectivity index is 2.82. The van der Waals surface area contributed by atoms with Crippen molar-refractivity contribution in [2.75, 3.05) is 0 Å². The first-order chi connectivity index (χ1) is 6.50. The smallest absolute Gasteiger partial charge is 0.165 e. The van der Waals surface area contributed by atoms with Crippen molar-refractivity contribution in [1.82, 2.24) is 0 Å². The van der Waals surface area contributed by atoms with Gasteiger partial charge in [0.2, 0.25) is 0 Å². The number of halogens is 1. The van der Waals surface area contributed by atoms with Gasteiger partial charge in [-0.25, -0.2) is 0 Å². The molecule has 0 aliphatic rings. The van der Waals surface area contributed by atoms with E-state index in [4.69, 9.17) is 16.7 Å². The van der Waals surface area contributed by atoms with Gasteiger partial charge in [-0.2, -0.15) is 0 Å². The molecule has 0 saturated carbocycles. The van der Waals surface area contributed by atoms with Gasteiger partial charge in [0, 0.05) is 11.4 Å². The number of rotatable bonds is 3. The van der Waals surface area contributed by atoms with E-state index in [2.05, 4.69) is 0 Å². The molecule has 0 saturated heterocycles. The van der Waals surface area contributed by atoms with Crippen LogP contribution in [0.3, 0.4) is 0 Å². The number of ketones is 1. The second-order valence-electron chi connectivity index (χ2n) is 3.41. The van der Waals surface area contributed by atoms with Crippen LogP contribution < -0.4 is 0 Å². The molecule has 0 amide bonds. The maximum atomic E-state index is 11.2. The van der Waals surface area contributed by atoms with Gasteiger partial charge in [-0.1, -0.05) is 23.7 Å². The highest BCUT2D eigenvalue weighted by Gasteiger charge is 2.11. The second kappa shape index (κ2) is 4.58. The summed E-state index contributed by atoms with van der Waals surface area (Å²) in [5.41, 5.74) is 1.83. The summed E-state index contributed by atoms with van der Waals surface area (Å²) in [7, 11) is 0. The van der Waals surface area contributed by atoms with Crippen molar-refractivity contribution in [3.63, 3.8) is 0 Å². The highest BCUT2D eigenvalue weighted by Crippen LogP contribution is 2.18. The van der Waals surface area contributed by atoms with Gasteiger partial charge in [-0.05, 0) is 31.0 Å². The number of hydrogen-bond acceptors (Lipinski definition) is 2. The number of hydrogen-bond donors (Lipinski definition) is 1. The zero-order valence-electron chi connectivity index (χ0n) is 8.25. The van der Waals surface area contributed by atoms with Crippen LogP contribution in [0.2, 0.25) is 5.02 Å². The lowest BCUT2D eigenvalue weighted by Crippen LogP contribution is -2.18. The zero-order chi connectivity index (χ0) is 10.7. The number of carbonyl (C=O) groups excluding carboxylic acids is 1. The largest absolute Gasteiger partial charge is 0.386 e. The predicted octanol–water partition coefficient (Wildman–Crippen LogP) is 2.14. The summed E-state index contributed by atoms with van der Waals surface area (Å²) in [5.74, 6) is -0.212. The highest BCUT2D eigenvalue weighted by atomic mass is 35.5. The molecule has 1 rings (SSSR count). The minimum Gasteiger partial charge on any atom is -0.386 e. The molecule has 0 spiro atoms. The van der Waals surface area contributed by atoms with Crippen LogP contribution in [0.4, 0.5) is 0 Å². The van der Waals surface area contributed by atoms with E-state index < -0.39 is 6.10 Å². The Bertz CT molecular complexity index is 345. The van der Waals surface area contributed by atoms with Crippen molar-refractivity contribution in [3.05, 3.63) is 34.3 Å². The van der Waals surface area contributed by atoms with Gasteiger partial charge in [-0.3, -0.25) is 4.79 Å². The van der Waals surface area contributed by atoms with Crippen molar-refractivity contribution in [2.45, 2.75) is 26.4 Å². The maximum absolute atomic E-state index is 11.2. The molecule has 0 aromatic heterocycles. The van der Waals surface area contributed by atoms with Crippen LogP contribution in [0.15, 0.2) is 18.2 Å². The van der Waals surface area contributed by atoms with E-state index in [-0.39, 0.29) is 12.2 Å². The molecule has 0 bridgehead atoms. The molecule has 14 heavy (non-hydrogen) atoms. The summed E-state index contributed by atoms with van der Waals surface area (Å²) in [6, 6.07) is 5.53. The minimum absolute atomic E-state index is 0.191. The van der Waals surface area contributed by atoms with Crippen molar-refractivity contribution in [1.29, 1.82) is 0 Å². The van der Waals surface area contributed by atoms with Crippen LogP contribution in [0.25, 0.3) is 0 Å². The van der Waals surface area contributed by atoms with Crippen molar-refractivity contribution in [3.8, 4) is 0 Å². The van der Waals surface area contributed by atoms with Crippen LogP contribution in [0.5, 0.6) is 0 Å². The fourth-order valence-corrected chi connectivity index (χ4v) is 1.43. The first kappa shape index (κ1) is 11.2. The minimum atomic E-state index is -0.924. The Morgan fingerprint density at radius 2 is 2.21 bits per heavy atom. The third-order valence-electron chi connectivity index (χ3n) is 2.04. The number of aliphatic hydroxyl groups is 1. The molecule has 76 valence electrons. The van der Waals surface area contributed by atoms with Gasteiger partial charge in [0.25, 0.3) is 0 Å². The predicted molar refractivity (Wildman–Crippen MR) is 56.6 cm³/mol. The summed E-state index contributed by atoms with van der Waals surface area (Å²) >= 11 is 5.94. The molecule has 0 aliphatic heterocycles. The van der Waals surface area contributed by atoms with E-state index >= 15 is 0 Å². The van der Waals surface area contributed by atoms with Gasteiger partial charge in [0.1, 0.15) is 6.10 Å². The highest BCUT2D eigenvalue weighted by molar-refractivity contribution is 6.31. The molecule has 1 atom stereocenters. The lowest BCUT2D eigenvalue weighted by atomic mass is 10.0. The number of Topliss-reactive ketones (excluding diaryl/α,β-unsaturated/α-hetero) is 1. The van der Waals surface area contributed by atoms with Gasteiger partial charge in [-0.15, -0.1) is 0 Å². The van der Waals surface area contributed by atoms with Crippen LogP contribution in [-0.4, -0.2) is 17.0 Å². The molecular weight excluding hydrogens is 200 g/mol. The van der Waals surface area contributed by atoms with E-state index in [1.807, 2.05) is 25.1 Å². The molecule has 1 aromatic rings. The van der Waals surface area contributed by atoms with Gasteiger partial charge < -0.3 is 5.11 Å². The first-order valence-corrected chi connectivity index (χ1v) is 4.84. The standard InChI is InChI=1S/C11H13ClO2/c1-7-3-4-9(10(12)5-7)6-11(14)8(2)13/h3-5,8,13H,6H2,1-2H3. The topological polar surface area (TPSA) is 37.3 Å². The third-order valence-corrected chi connectivity index (χ3v) is 2.39. The Morgan fingerprint density at radius 3 is 2.71 bits per heavy atom. The number of benzene rings is 1. The lowest BCUT2D eigenvalue weighted by Gasteiger charge is -2.06. The number of carbonyl (C=O) groups is 1. The monoisotopic (exact) mass is 212 g/mol. The van der Waals surface area contributed by atoms with Crippen LogP contribution in [0.1, 0.15) is 18.1 Å². The SMILES string of the molecule is Cc1ccc(CC(=O)C(C)O)c(Cl)c1. The second-order valence-corrected chi connectivity index (χ2v) is 3.82. The fraction of sp³-hybridized carbons (Fsp3) is 0.364. The molecule has 0 aliphatic carbocycles. The van der Waals surface area contributed by atoms with Crippen LogP contribution >= 0.6 is 11.6 Å². The third kappa shape index (κ3) is 2.82. The van der Waals surface area contributed by atoms with E-state index in [0.717, 1.165) is 11.1 Å². The van der Waals surface area contributed by atoms with Crippen molar-refractivity contribution >= 4 is 17.4 Å². The molecule has 0 fully saturated rings. The molecule has 1 aromatic carbocycles. The van der Waals surface area contributed by atoms with Crippen molar-refractivity contribution < 1.29 is 9.90 Å². The van der Waals surface area contributed by atoms with E-state index in [1.54, 1.807) is 0 Å². The molecule has 0 heterocycles. The van der Waals surface area contributed by atoms with Crippen LogP contribution in [-0.2, 0) is 11.2 Å². The molecular formula is C11H13ClO2. The lowest BCUT2D eigenvalue weighted by molar-refractivity contribution is -0.125.